The molecule has 1 aromatic carbocycles. The molecule has 2 aromatic heterocycles. The van der Waals surface area contributed by atoms with Crippen molar-refractivity contribution in [2.45, 2.75) is 46.1 Å². The summed E-state index contributed by atoms with van der Waals surface area (Å²) >= 11 is 1.65. The van der Waals surface area contributed by atoms with E-state index in [2.05, 4.69) is 34.1 Å². The summed E-state index contributed by atoms with van der Waals surface area (Å²) in [5.74, 6) is 2.09. The van der Waals surface area contributed by atoms with E-state index in [0.29, 0.717) is 42.1 Å². The van der Waals surface area contributed by atoms with Gasteiger partial charge in [-0.05, 0) is 49.8 Å². The van der Waals surface area contributed by atoms with E-state index in [-0.39, 0.29) is 5.91 Å². The van der Waals surface area contributed by atoms with Crippen molar-refractivity contribution in [1.29, 1.82) is 0 Å². The van der Waals surface area contributed by atoms with Gasteiger partial charge in [-0.2, -0.15) is 0 Å². The second kappa shape index (κ2) is 10.9. The lowest BCUT2D eigenvalue weighted by atomic mass is 10.0. The molecule has 0 saturated carbocycles. The topological polar surface area (TPSA) is 86.2 Å². The number of carbonyl (C=O) groups is 1. The normalized spacial score (nSPS) is 14.4. The van der Waals surface area contributed by atoms with E-state index < -0.39 is 0 Å². The molecule has 174 valence electrons. The highest BCUT2D eigenvalue weighted by Gasteiger charge is 2.17. The van der Waals surface area contributed by atoms with E-state index in [1.807, 2.05) is 25.3 Å². The van der Waals surface area contributed by atoms with Crippen molar-refractivity contribution in [3.05, 3.63) is 58.6 Å². The minimum absolute atomic E-state index is 0.172. The van der Waals surface area contributed by atoms with Gasteiger partial charge in [0.1, 0.15) is 16.6 Å². The van der Waals surface area contributed by atoms with Gasteiger partial charge in [-0.15, -0.1) is 11.3 Å². The van der Waals surface area contributed by atoms with Gasteiger partial charge < -0.3 is 14.8 Å². The lowest BCUT2D eigenvalue weighted by Crippen LogP contribution is -2.23. The first-order valence-electron chi connectivity index (χ1n) is 11.4. The maximum atomic E-state index is 13.0. The highest BCUT2D eigenvalue weighted by atomic mass is 32.1. The Morgan fingerprint density at radius 3 is 2.61 bits per heavy atom. The second-order valence-electron chi connectivity index (χ2n) is 8.66. The van der Waals surface area contributed by atoms with E-state index in [1.165, 1.54) is 4.88 Å². The number of ether oxygens (including phenoxy) is 2. The van der Waals surface area contributed by atoms with Gasteiger partial charge in [-0.1, -0.05) is 13.8 Å². The Kier molecular flexibility index (Phi) is 7.67. The number of aryl methyl sites for hydroxylation is 1. The molecule has 1 aliphatic rings. The van der Waals surface area contributed by atoms with Crippen LogP contribution in [0, 0.1) is 12.8 Å². The summed E-state index contributed by atoms with van der Waals surface area (Å²) in [5, 5.41) is 3.85. The number of nitrogens with one attached hydrogen (secondary N) is 1. The number of nitrogens with zero attached hydrogens (tertiary/aromatic N) is 3. The minimum atomic E-state index is -0.172. The van der Waals surface area contributed by atoms with Crippen molar-refractivity contribution >= 4 is 17.2 Å². The summed E-state index contributed by atoms with van der Waals surface area (Å²) in [6.07, 6.45) is 7.36. The molecule has 0 unspecified atom stereocenters. The van der Waals surface area contributed by atoms with Gasteiger partial charge in [-0.3, -0.25) is 4.79 Å². The Labute approximate surface area is 198 Å². The molecule has 1 N–H and O–H groups in total. The molecule has 1 amide bonds. The molecule has 4 rings (SSSR count). The zero-order chi connectivity index (χ0) is 23.2. The Morgan fingerprint density at radius 2 is 1.91 bits per heavy atom. The molecule has 0 radical (unpaired) electrons. The number of benzene rings is 1. The fourth-order valence-corrected chi connectivity index (χ4v) is 4.45. The Hall–Kier alpha value is -2.84. The summed E-state index contributed by atoms with van der Waals surface area (Å²) in [6.45, 7) is 8.67. The Morgan fingerprint density at radius 1 is 1.15 bits per heavy atom. The van der Waals surface area contributed by atoms with Crippen molar-refractivity contribution in [2.24, 2.45) is 5.92 Å². The predicted octanol–water partition coefficient (Wildman–Crippen LogP) is 4.77. The number of amides is 1. The summed E-state index contributed by atoms with van der Waals surface area (Å²) in [7, 11) is 0. The average Bonchev–Trinajstić information content (AvgIpc) is 3.34. The molecule has 1 aliphatic heterocycles. The van der Waals surface area contributed by atoms with Gasteiger partial charge in [0.2, 0.25) is 0 Å². The van der Waals surface area contributed by atoms with E-state index in [0.717, 1.165) is 42.2 Å². The first-order valence-corrected chi connectivity index (χ1v) is 12.2. The quantitative estimate of drug-likeness (QED) is 0.515. The molecule has 1 saturated heterocycles. The zero-order valence-corrected chi connectivity index (χ0v) is 20.2. The number of rotatable bonds is 8. The summed E-state index contributed by atoms with van der Waals surface area (Å²) in [4.78, 5) is 27.2. The van der Waals surface area contributed by atoms with Crippen LogP contribution in [0.3, 0.4) is 0 Å². The molecule has 3 aromatic rings. The van der Waals surface area contributed by atoms with Crippen molar-refractivity contribution in [3.63, 3.8) is 0 Å². The molecular formula is C25H30N4O3S. The van der Waals surface area contributed by atoms with Gasteiger partial charge in [0.25, 0.3) is 5.91 Å². The molecular weight excluding hydrogens is 436 g/mol. The maximum Gasteiger partial charge on any atom is 0.251 e. The van der Waals surface area contributed by atoms with Crippen molar-refractivity contribution < 1.29 is 14.3 Å². The van der Waals surface area contributed by atoms with Crippen molar-refractivity contribution in [1.82, 2.24) is 20.3 Å². The molecule has 0 bridgehead atoms. The standard InChI is InChI=1S/C25H30N4O3S/c1-16(2)23-14-29-25(33-23)21-8-20(24(30)28-13-19-11-26-17(3)27-12-19)9-22(10-21)32-15-18-4-6-31-7-5-18/h8-12,14,16,18H,4-7,13,15H2,1-3H3,(H,28,30). The lowest BCUT2D eigenvalue weighted by molar-refractivity contribution is 0.0497. The third kappa shape index (κ3) is 6.36. The molecule has 0 aliphatic carbocycles. The fraction of sp³-hybridized carbons (Fsp3) is 0.440. The van der Waals surface area contributed by atoms with Crippen LogP contribution < -0.4 is 10.1 Å². The lowest BCUT2D eigenvalue weighted by Gasteiger charge is -2.22. The Bertz CT molecular complexity index is 1080. The van der Waals surface area contributed by atoms with Crippen LogP contribution in [0.4, 0.5) is 0 Å². The van der Waals surface area contributed by atoms with Crippen LogP contribution in [0.25, 0.3) is 10.6 Å². The highest BCUT2D eigenvalue weighted by molar-refractivity contribution is 7.15. The number of hydrogen-bond donors (Lipinski definition) is 1. The van der Waals surface area contributed by atoms with Gasteiger partial charge in [-0.25, -0.2) is 15.0 Å². The third-order valence-corrected chi connectivity index (χ3v) is 6.97. The SMILES string of the molecule is Cc1ncc(CNC(=O)c2cc(OCC3CCOCC3)cc(-c3ncc(C(C)C)s3)c2)cn1. The monoisotopic (exact) mass is 466 g/mol. The van der Waals surface area contributed by atoms with Gasteiger partial charge in [0.05, 0.1) is 6.61 Å². The predicted molar refractivity (Wildman–Crippen MR) is 129 cm³/mol. The zero-order valence-electron chi connectivity index (χ0n) is 19.3. The summed E-state index contributed by atoms with van der Waals surface area (Å²) in [6, 6.07) is 5.67. The molecule has 3 heterocycles. The van der Waals surface area contributed by atoms with Crippen LogP contribution in [-0.4, -0.2) is 40.7 Å². The first kappa shape index (κ1) is 23.3. The highest BCUT2D eigenvalue weighted by Crippen LogP contribution is 2.32. The molecule has 33 heavy (non-hydrogen) atoms. The largest absolute Gasteiger partial charge is 0.493 e. The third-order valence-electron chi connectivity index (χ3n) is 5.62. The molecule has 0 atom stereocenters. The van der Waals surface area contributed by atoms with Gasteiger partial charge in [0.15, 0.2) is 0 Å². The first-order chi connectivity index (χ1) is 16.0. The van der Waals surface area contributed by atoms with E-state index in [9.17, 15) is 4.79 Å². The van der Waals surface area contributed by atoms with E-state index in [4.69, 9.17) is 9.47 Å². The average molecular weight is 467 g/mol. The maximum absolute atomic E-state index is 13.0. The number of aromatic nitrogens is 3. The van der Waals surface area contributed by atoms with Crippen LogP contribution in [-0.2, 0) is 11.3 Å². The minimum Gasteiger partial charge on any atom is -0.493 e. The fourth-order valence-electron chi connectivity index (χ4n) is 3.55. The van der Waals surface area contributed by atoms with Crippen molar-refractivity contribution in [2.75, 3.05) is 19.8 Å². The van der Waals surface area contributed by atoms with Gasteiger partial charge in [0, 0.05) is 59.9 Å². The van der Waals surface area contributed by atoms with Crippen LogP contribution in [0.15, 0.2) is 36.8 Å². The van der Waals surface area contributed by atoms with Crippen LogP contribution in [0.2, 0.25) is 0 Å². The van der Waals surface area contributed by atoms with Crippen LogP contribution in [0.5, 0.6) is 5.75 Å². The van der Waals surface area contributed by atoms with E-state index in [1.54, 1.807) is 29.8 Å². The second-order valence-corrected chi connectivity index (χ2v) is 9.72. The number of carbonyl (C=O) groups excluding carboxylic acids is 1. The molecule has 8 heteroatoms. The summed E-state index contributed by atoms with van der Waals surface area (Å²) < 4.78 is 11.6. The molecule has 7 nitrogen and oxygen atoms in total. The van der Waals surface area contributed by atoms with Gasteiger partial charge >= 0.3 is 0 Å². The number of thiazole rings is 1. The summed E-state index contributed by atoms with van der Waals surface area (Å²) in [5.41, 5.74) is 2.28. The van der Waals surface area contributed by atoms with Crippen LogP contribution >= 0.6 is 11.3 Å². The van der Waals surface area contributed by atoms with E-state index >= 15 is 0 Å². The Balaban J connectivity index is 1.54. The smallest absolute Gasteiger partial charge is 0.251 e. The van der Waals surface area contributed by atoms with Crippen molar-refractivity contribution in [3.8, 4) is 16.3 Å². The molecule has 1 fully saturated rings. The molecule has 0 spiro atoms. The number of hydrogen-bond acceptors (Lipinski definition) is 7. The van der Waals surface area contributed by atoms with Crippen LogP contribution in [0.1, 0.15) is 59.2 Å².